The van der Waals surface area contributed by atoms with Crippen LogP contribution in [0.5, 0.6) is 0 Å². The summed E-state index contributed by atoms with van der Waals surface area (Å²) < 4.78 is 0. The smallest absolute Gasteiger partial charge is 0.0638 e. The molecule has 1 unspecified atom stereocenters. The Bertz CT molecular complexity index is 165. The molecule has 1 fully saturated rings. The molecule has 1 saturated carbocycles. The van der Waals surface area contributed by atoms with Crippen LogP contribution < -0.4 is 5.32 Å². The molecule has 0 aliphatic heterocycles. The number of nitrogens with one attached hydrogen (secondary N) is 1. The van der Waals surface area contributed by atoms with Gasteiger partial charge in [-0.05, 0) is 19.3 Å². The zero-order chi connectivity index (χ0) is 9.52. The number of nitriles is 1. The average molecular weight is 180 g/mol. The molecule has 0 heterocycles. The molecule has 0 amide bonds. The van der Waals surface area contributed by atoms with Gasteiger partial charge in [-0.2, -0.15) is 5.26 Å². The summed E-state index contributed by atoms with van der Waals surface area (Å²) in [6.45, 7) is 2.15. The van der Waals surface area contributed by atoms with E-state index in [4.69, 9.17) is 5.26 Å². The Morgan fingerprint density at radius 2 is 2.08 bits per heavy atom. The first-order valence-corrected chi connectivity index (χ1v) is 5.49. The van der Waals surface area contributed by atoms with Crippen molar-refractivity contribution < 1.29 is 0 Å². The monoisotopic (exact) mass is 180 g/mol. The van der Waals surface area contributed by atoms with Gasteiger partial charge in [0.2, 0.25) is 0 Å². The van der Waals surface area contributed by atoms with E-state index in [1.807, 2.05) is 0 Å². The molecule has 1 N–H and O–H groups in total. The van der Waals surface area contributed by atoms with Crippen LogP contribution in [0.25, 0.3) is 0 Å². The highest BCUT2D eigenvalue weighted by molar-refractivity contribution is 4.83. The zero-order valence-corrected chi connectivity index (χ0v) is 8.55. The third-order valence-electron chi connectivity index (χ3n) is 2.91. The van der Waals surface area contributed by atoms with Crippen molar-refractivity contribution in [1.29, 1.82) is 5.26 Å². The highest BCUT2D eigenvalue weighted by Crippen LogP contribution is 2.18. The number of hydrogen-bond acceptors (Lipinski definition) is 2. The van der Waals surface area contributed by atoms with E-state index in [-0.39, 0.29) is 0 Å². The van der Waals surface area contributed by atoms with Crippen molar-refractivity contribution in [2.24, 2.45) is 0 Å². The van der Waals surface area contributed by atoms with Crippen LogP contribution >= 0.6 is 0 Å². The second-order valence-corrected chi connectivity index (χ2v) is 3.97. The average Bonchev–Trinajstić information content (AvgIpc) is 2.19. The second-order valence-electron chi connectivity index (χ2n) is 3.97. The molecular formula is C11H20N2. The lowest BCUT2D eigenvalue weighted by molar-refractivity contribution is 0.332. The summed E-state index contributed by atoms with van der Waals surface area (Å²) in [5.41, 5.74) is 0. The minimum absolute atomic E-state index is 0.424. The topological polar surface area (TPSA) is 35.8 Å². The SMILES string of the molecule is CCC(CC#N)NC1CCCCC1. The van der Waals surface area contributed by atoms with Gasteiger partial charge in [0.1, 0.15) is 0 Å². The molecule has 13 heavy (non-hydrogen) atoms. The summed E-state index contributed by atoms with van der Waals surface area (Å²) in [7, 11) is 0. The van der Waals surface area contributed by atoms with E-state index in [9.17, 15) is 0 Å². The van der Waals surface area contributed by atoms with Crippen molar-refractivity contribution in [3.05, 3.63) is 0 Å². The van der Waals surface area contributed by atoms with Crippen LogP contribution in [-0.2, 0) is 0 Å². The van der Waals surface area contributed by atoms with Gasteiger partial charge < -0.3 is 5.32 Å². The van der Waals surface area contributed by atoms with Crippen LogP contribution in [0.15, 0.2) is 0 Å². The van der Waals surface area contributed by atoms with Gasteiger partial charge in [0, 0.05) is 12.1 Å². The molecule has 0 saturated heterocycles. The fourth-order valence-corrected chi connectivity index (χ4v) is 2.03. The molecule has 1 atom stereocenters. The Hall–Kier alpha value is -0.550. The molecule has 0 aromatic heterocycles. The minimum Gasteiger partial charge on any atom is -0.310 e. The lowest BCUT2D eigenvalue weighted by Gasteiger charge is -2.26. The van der Waals surface area contributed by atoms with Crippen LogP contribution in [0.2, 0.25) is 0 Å². The normalized spacial score (nSPS) is 20.9. The van der Waals surface area contributed by atoms with Gasteiger partial charge in [-0.3, -0.25) is 0 Å². The van der Waals surface area contributed by atoms with Gasteiger partial charge in [0.25, 0.3) is 0 Å². The van der Waals surface area contributed by atoms with Crippen LogP contribution in [0.3, 0.4) is 0 Å². The lowest BCUT2D eigenvalue weighted by atomic mass is 9.94. The van der Waals surface area contributed by atoms with Crippen molar-refractivity contribution in [2.45, 2.75) is 64.0 Å². The molecule has 2 heteroatoms. The van der Waals surface area contributed by atoms with E-state index in [2.05, 4.69) is 18.3 Å². The summed E-state index contributed by atoms with van der Waals surface area (Å²) in [5.74, 6) is 0. The van der Waals surface area contributed by atoms with Gasteiger partial charge >= 0.3 is 0 Å². The van der Waals surface area contributed by atoms with Gasteiger partial charge in [0.15, 0.2) is 0 Å². The van der Waals surface area contributed by atoms with Crippen molar-refractivity contribution in [2.75, 3.05) is 0 Å². The third-order valence-corrected chi connectivity index (χ3v) is 2.91. The molecule has 0 radical (unpaired) electrons. The first-order valence-electron chi connectivity index (χ1n) is 5.49. The Labute approximate surface area is 81.3 Å². The Morgan fingerprint density at radius 1 is 1.38 bits per heavy atom. The van der Waals surface area contributed by atoms with E-state index >= 15 is 0 Å². The number of hydrogen-bond donors (Lipinski definition) is 1. The van der Waals surface area contributed by atoms with Crippen LogP contribution in [0.4, 0.5) is 0 Å². The maximum absolute atomic E-state index is 8.61. The van der Waals surface area contributed by atoms with E-state index in [0.29, 0.717) is 18.5 Å². The molecule has 0 aromatic carbocycles. The lowest BCUT2D eigenvalue weighted by Crippen LogP contribution is -2.38. The maximum Gasteiger partial charge on any atom is 0.0638 e. The van der Waals surface area contributed by atoms with Crippen LogP contribution in [-0.4, -0.2) is 12.1 Å². The Balaban J connectivity index is 2.23. The summed E-state index contributed by atoms with van der Waals surface area (Å²) in [6.07, 6.45) is 8.47. The third kappa shape index (κ3) is 3.78. The van der Waals surface area contributed by atoms with Crippen LogP contribution in [0, 0.1) is 11.3 Å². The second kappa shape index (κ2) is 5.99. The summed E-state index contributed by atoms with van der Waals surface area (Å²) >= 11 is 0. The van der Waals surface area contributed by atoms with E-state index < -0.39 is 0 Å². The zero-order valence-electron chi connectivity index (χ0n) is 8.55. The molecule has 0 spiro atoms. The van der Waals surface area contributed by atoms with Crippen molar-refractivity contribution in [3.63, 3.8) is 0 Å². The van der Waals surface area contributed by atoms with Crippen molar-refractivity contribution >= 4 is 0 Å². The summed E-state index contributed by atoms with van der Waals surface area (Å²) in [6, 6.07) is 3.36. The highest BCUT2D eigenvalue weighted by Gasteiger charge is 2.16. The van der Waals surface area contributed by atoms with Crippen molar-refractivity contribution in [3.8, 4) is 6.07 Å². The number of nitrogens with zero attached hydrogens (tertiary/aromatic N) is 1. The molecular weight excluding hydrogens is 160 g/mol. The van der Waals surface area contributed by atoms with Gasteiger partial charge in [-0.15, -0.1) is 0 Å². The maximum atomic E-state index is 8.61. The Morgan fingerprint density at radius 3 is 2.62 bits per heavy atom. The Kier molecular flexibility index (Phi) is 4.85. The highest BCUT2D eigenvalue weighted by atomic mass is 14.9. The standard InChI is InChI=1S/C11H20N2/c1-2-10(8-9-12)13-11-6-4-3-5-7-11/h10-11,13H,2-8H2,1H3. The molecule has 2 nitrogen and oxygen atoms in total. The van der Waals surface area contributed by atoms with E-state index in [1.54, 1.807) is 0 Å². The van der Waals surface area contributed by atoms with Gasteiger partial charge in [-0.25, -0.2) is 0 Å². The molecule has 1 aliphatic carbocycles. The van der Waals surface area contributed by atoms with E-state index in [0.717, 1.165) is 6.42 Å². The quantitative estimate of drug-likeness (QED) is 0.722. The van der Waals surface area contributed by atoms with Crippen molar-refractivity contribution in [1.82, 2.24) is 5.32 Å². The molecule has 74 valence electrons. The molecule has 0 aromatic rings. The fourth-order valence-electron chi connectivity index (χ4n) is 2.03. The van der Waals surface area contributed by atoms with Crippen LogP contribution in [0.1, 0.15) is 51.9 Å². The summed E-state index contributed by atoms with van der Waals surface area (Å²) in [5, 5.41) is 12.2. The molecule has 1 rings (SSSR count). The fraction of sp³-hybridized carbons (Fsp3) is 0.909. The minimum atomic E-state index is 0.424. The van der Waals surface area contributed by atoms with E-state index in [1.165, 1.54) is 32.1 Å². The first kappa shape index (κ1) is 10.5. The molecule has 0 bridgehead atoms. The largest absolute Gasteiger partial charge is 0.310 e. The van der Waals surface area contributed by atoms with Gasteiger partial charge in [-0.1, -0.05) is 26.2 Å². The molecule has 1 aliphatic rings. The predicted molar refractivity (Wildman–Crippen MR) is 54.3 cm³/mol. The predicted octanol–water partition coefficient (Wildman–Crippen LogP) is 2.60. The number of rotatable bonds is 4. The first-order chi connectivity index (χ1) is 6.36. The summed E-state index contributed by atoms with van der Waals surface area (Å²) in [4.78, 5) is 0. The van der Waals surface area contributed by atoms with Gasteiger partial charge in [0.05, 0.1) is 12.5 Å².